The van der Waals surface area contributed by atoms with Crippen LogP contribution in [0.4, 0.5) is 0 Å². The largest absolute Gasteiger partial charge is 0.480 e. The average Bonchev–Trinajstić information content (AvgIpc) is 2.23. The molecule has 2 N–H and O–H groups in total. The van der Waals surface area contributed by atoms with Gasteiger partial charge in [-0.2, -0.15) is 0 Å². The zero-order chi connectivity index (χ0) is 10.1. The maximum atomic E-state index is 10.5. The fraction of sp³-hybridized carbons (Fsp3) is 0.889. The molecule has 0 aromatic carbocycles. The second-order valence-corrected chi connectivity index (χ2v) is 4.43. The zero-order valence-electron chi connectivity index (χ0n) is 8.16. The van der Waals surface area contributed by atoms with Gasteiger partial charge in [-0.05, 0) is 5.41 Å². The molecule has 1 heterocycles. The molecular formula is C9H17NO3. The van der Waals surface area contributed by atoms with Crippen LogP contribution in [0.1, 0.15) is 13.8 Å². The molecule has 0 radical (unpaired) electrons. The number of aliphatic hydroxyl groups excluding tert-OH is 1. The second kappa shape index (κ2) is 3.64. The Labute approximate surface area is 78.2 Å². The van der Waals surface area contributed by atoms with Crippen molar-refractivity contribution in [2.45, 2.75) is 13.8 Å². The summed E-state index contributed by atoms with van der Waals surface area (Å²) in [6, 6.07) is 0. The minimum absolute atomic E-state index is 0.0319. The van der Waals surface area contributed by atoms with Crippen molar-refractivity contribution in [3.05, 3.63) is 0 Å². The van der Waals surface area contributed by atoms with Gasteiger partial charge in [0.05, 0.1) is 6.54 Å². The predicted octanol–water partition coefficient (Wildman–Crippen LogP) is 0.0213. The molecule has 0 bridgehead atoms. The number of hydrogen-bond acceptors (Lipinski definition) is 3. The Morgan fingerprint density at radius 3 is 2.62 bits per heavy atom. The molecule has 1 fully saturated rings. The minimum Gasteiger partial charge on any atom is -0.480 e. The van der Waals surface area contributed by atoms with Gasteiger partial charge in [0.1, 0.15) is 0 Å². The molecule has 0 spiro atoms. The van der Waals surface area contributed by atoms with Crippen molar-refractivity contribution in [2.24, 2.45) is 11.3 Å². The number of nitrogens with zero attached hydrogens (tertiary/aromatic N) is 1. The first-order chi connectivity index (χ1) is 5.95. The molecule has 0 aliphatic carbocycles. The minimum atomic E-state index is -0.797. The van der Waals surface area contributed by atoms with Crippen LogP contribution in [0.15, 0.2) is 0 Å². The van der Waals surface area contributed by atoms with Crippen LogP contribution in [0, 0.1) is 11.3 Å². The number of aliphatic hydroxyl groups is 1. The lowest BCUT2D eigenvalue weighted by molar-refractivity contribution is -0.138. The van der Waals surface area contributed by atoms with Gasteiger partial charge in [0.2, 0.25) is 0 Å². The molecule has 0 aromatic heterocycles. The molecule has 1 aliphatic rings. The summed E-state index contributed by atoms with van der Waals surface area (Å²) in [7, 11) is 0. The van der Waals surface area contributed by atoms with E-state index in [1.807, 2.05) is 4.90 Å². The maximum absolute atomic E-state index is 10.5. The summed E-state index contributed by atoms with van der Waals surface area (Å²) in [5.41, 5.74) is 0.0319. The van der Waals surface area contributed by atoms with Crippen LogP contribution in [0.2, 0.25) is 0 Å². The Morgan fingerprint density at radius 1 is 1.62 bits per heavy atom. The highest BCUT2D eigenvalue weighted by Gasteiger charge is 2.39. The van der Waals surface area contributed by atoms with Crippen LogP contribution >= 0.6 is 0 Å². The highest BCUT2D eigenvalue weighted by Crippen LogP contribution is 2.34. The summed E-state index contributed by atoms with van der Waals surface area (Å²) < 4.78 is 0. The summed E-state index contributed by atoms with van der Waals surface area (Å²) >= 11 is 0. The number of aliphatic carboxylic acids is 1. The zero-order valence-corrected chi connectivity index (χ0v) is 8.16. The van der Waals surface area contributed by atoms with Crippen LogP contribution < -0.4 is 0 Å². The monoisotopic (exact) mass is 187 g/mol. The molecule has 1 aliphatic heterocycles. The Hall–Kier alpha value is -0.610. The van der Waals surface area contributed by atoms with E-state index in [1.54, 1.807) is 0 Å². The number of rotatable bonds is 3. The number of likely N-dealkylation sites (tertiary alicyclic amines) is 1. The summed E-state index contributed by atoms with van der Waals surface area (Å²) in [4.78, 5) is 12.3. The van der Waals surface area contributed by atoms with E-state index in [4.69, 9.17) is 10.2 Å². The van der Waals surface area contributed by atoms with Gasteiger partial charge in [0.25, 0.3) is 0 Å². The van der Waals surface area contributed by atoms with E-state index in [9.17, 15) is 4.79 Å². The van der Waals surface area contributed by atoms with E-state index in [0.717, 1.165) is 6.54 Å². The number of carboxylic acid groups (broad SMARTS) is 1. The molecule has 4 heteroatoms. The van der Waals surface area contributed by atoms with Gasteiger partial charge in [0, 0.05) is 25.6 Å². The first-order valence-electron chi connectivity index (χ1n) is 4.50. The van der Waals surface area contributed by atoms with Gasteiger partial charge in [-0.1, -0.05) is 13.8 Å². The quantitative estimate of drug-likeness (QED) is 0.654. The highest BCUT2D eigenvalue weighted by atomic mass is 16.4. The van der Waals surface area contributed by atoms with Crippen LogP contribution in [0.25, 0.3) is 0 Å². The normalized spacial score (nSPS) is 27.8. The Kier molecular flexibility index (Phi) is 2.93. The highest BCUT2D eigenvalue weighted by molar-refractivity contribution is 5.69. The van der Waals surface area contributed by atoms with Crippen molar-refractivity contribution in [3.63, 3.8) is 0 Å². The van der Waals surface area contributed by atoms with Crippen LogP contribution in [-0.2, 0) is 4.79 Å². The SMILES string of the molecule is CC1(C)CN(CC(=O)O)CC1CO. The van der Waals surface area contributed by atoms with E-state index in [-0.39, 0.29) is 24.5 Å². The van der Waals surface area contributed by atoms with Gasteiger partial charge in [-0.3, -0.25) is 9.69 Å². The van der Waals surface area contributed by atoms with E-state index in [0.29, 0.717) is 6.54 Å². The first-order valence-corrected chi connectivity index (χ1v) is 4.50. The molecule has 0 amide bonds. The van der Waals surface area contributed by atoms with Crippen LogP contribution in [0.5, 0.6) is 0 Å². The van der Waals surface area contributed by atoms with Crippen molar-refractivity contribution >= 4 is 5.97 Å². The van der Waals surface area contributed by atoms with E-state index in [2.05, 4.69) is 13.8 Å². The van der Waals surface area contributed by atoms with Crippen molar-refractivity contribution < 1.29 is 15.0 Å². The molecule has 4 nitrogen and oxygen atoms in total. The molecule has 13 heavy (non-hydrogen) atoms. The van der Waals surface area contributed by atoms with E-state index < -0.39 is 5.97 Å². The molecule has 1 saturated heterocycles. The third-order valence-electron chi connectivity index (χ3n) is 2.79. The molecule has 1 atom stereocenters. The van der Waals surface area contributed by atoms with Crippen molar-refractivity contribution in [1.82, 2.24) is 4.90 Å². The Bertz CT molecular complexity index is 203. The number of carbonyl (C=O) groups is 1. The number of carboxylic acids is 1. The Morgan fingerprint density at radius 2 is 2.23 bits per heavy atom. The molecule has 1 unspecified atom stereocenters. The molecule has 1 rings (SSSR count). The van der Waals surface area contributed by atoms with Crippen LogP contribution in [0.3, 0.4) is 0 Å². The molecule has 0 saturated carbocycles. The predicted molar refractivity (Wildman–Crippen MR) is 48.4 cm³/mol. The third-order valence-corrected chi connectivity index (χ3v) is 2.79. The van der Waals surface area contributed by atoms with Crippen molar-refractivity contribution in [1.29, 1.82) is 0 Å². The lowest BCUT2D eigenvalue weighted by Crippen LogP contribution is -2.28. The van der Waals surface area contributed by atoms with Gasteiger partial charge in [0.15, 0.2) is 0 Å². The van der Waals surface area contributed by atoms with E-state index in [1.165, 1.54) is 0 Å². The fourth-order valence-electron chi connectivity index (χ4n) is 1.95. The smallest absolute Gasteiger partial charge is 0.317 e. The van der Waals surface area contributed by atoms with Crippen LogP contribution in [-0.4, -0.2) is 47.3 Å². The standard InChI is InChI=1S/C9H17NO3/c1-9(2)6-10(4-8(12)13)3-7(9)5-11/h7,11H,3-6H2,1-2H3,(H,12,13). The molecule has 0 aromatic rings. The topological polar surface area (TPSA) is 60.8 Å². The van der Waals surface area contributed by atoms with Gasteiger partial charge < -0.3 is 10.2 Å². The number of hydrogen-bond donors (Lipinski definition) is 2. The summed E-state index contributed by atoms with van der Waals surface area (Å²) in [5.74, 6) is -0.596. The lowest BCUT2D eigenvalue weighted by Gasteiger charge is -2.23. The average molecular weight is 187 g/mol. The van der Waals surface area contributed by atoms with Gasteiger partial charge in [-0.25, -0.2) is 0 Å². The van der Waals surface area contributed by atoms with E-state index >= 15 is 0 Å². The fourth-order valence-corrected chi connectivity index (χ4v) is 1.95. The summed E-state index contributed by atoms with van der Waals surface area (Å²) in [5, 5.41) is 17.7. The molecular weight excluding hydrogens is 170 g/mol. The Balaban J connectivity index is 2.53. The second-order valence-electron chi connectivity index (χ2n) is 4.43. The maximum Gasteiger partial charge on any atom is 0.317 e. The molecule has 76 valence electrons. The third kappa shape index (κ3) is 2.42. The summed E-state index contributed by atoms with van der Waals surface area (Å²) in [6.07, 6.45) is 0. The van der Waals surface area contributed by atoms with Crippen molar-refractivity contribution in [3.8, 4) is 0 Å². The van der Waals surface area contributed by atoms with Crippen molar-refractivity contribution in [2.75, 3.05) is 26.2 Å². The van der Waals surface area contributed by atoms with Gasteiger partial charge in [-0.15, -0.1) is 0 Å². The first kappa shape index (κ1) is 10.5. The van der Waals surface area contributed by atoms with Gasteiger partial charge >= 0.3 is 5.97 Å². The lowest BCUT2D eigenvalue weighted by atomic mass is 9.83. The summed E-state index contributed by atoms with van der Waals surface area (Å²) in [6.45, 7) is 5.80.